The van der Waals surface area contributed by atoms with E-state index in [1.54, 1.807) is 6.92 Å². The lowest BCUT2D eigenvalue weighted by Gasteiger charge is -2.14. The molecule has 0 atom stereocenters. The molecule has 0 bridgehead atoms. The number of aryl methyl sites for hydroxylation is 1. The third-order valence-corrected chi connectivity index (χ3v) is 3.29. The van der Waals surface area contributed by atoms with Crippen LogP contribution in [0.5, 0.6) is 0 Å². The topological polar surface area (TPSA) is 12.0 Å². The maximum atomic E-state index is 13.2. The number of para-hydroxylation sites is 1. The van der Waals surface area contributed by atoms with Crippen LogP contribution in [0.2, 0.25) is 0 Å². The van der Waals surface area contributed by atoms with Gasteiger partial charge in [0.1, 0.15) is 5.82 Å². The molecule has 0 aromatic heterocycles. The first-order valence-corrected chi connectivity index (χ1v) is 6.65. The summed E-state index contributed by atoms with van der Waals surface area (Å²) < 4.78 is 13.2. The average Bonchev–Trinajstić information content (AvgIpc) is 2.40. The quantitative estimate of drug-likeness (QED) is 0.824. The van der Waals surface area contributed by atoms with Crippen molar-refractivity contribution in [3.63, 3.8) is 0 Å². The van der Waals surface area contributed by atoms with Gasteiger partial charge in [-0.2, -0.15) is 0 Å². The first-order valence-electron chi connectivity index (χ1n) is 6.65. The van der Waals surface area contributed by atoms with Gasteiger partial charge in [0.2, 0.25) is 0 Å². The standard InChI is InChI=1S/C17H20FN/c1-12(2)15-6-4-5-7-17(15)19-11-14-8-9-16(18)13(3)10-14/h4-10,12,19H,11H2,1-3H3. The van der Waals surface area contributed by atoms with E-state index in [1.807, 2.05) is 18.2 Å². The molecule has 0 aliphatic heterocycles. The molecule has 2 aromatic rings. The molecule has 0 saturated heterocycles. The Morgan fingerprint density at radius 2 is 1.84 bits per heavy atom. The van der Waals surface area contributed by atoms with E-state index in [-0.39, 0.29) is 5.82 Å². The van der Waals surface area contributed by atoms with E-state index in [1.165, 1.54) is 11.6 Å². The van der Waals surface area contributed by atoms with Crippen LogP contribution in [0.15, 0.2) is 42.5 Å². The number of anilines is 1. The fraction of sp³-hybridized carbons (Fsp3) is 0.294. The molecule has 0 saturated carbocycles. The Kier molecular flexibility index (Phi) is 4.20. The van der Waals surface area contributed by atoms with Crippen molar-refractivity contribution >= 4 is 5.69 Å². The Hall–Kier alpha value is -1.83. The molecule has 0 fully saturated rings. The van der Waals surface area contributed by atoms with E-state index < -0.39 is 0 Å². The Bertz CT molecular complexity index is 561. The third-order valence-electron chi connectivity index (χ3n) is 3.29. The van der Waals surface area contributed by atoms with Crippen LogP contribution in [0.4, 0.5) is 10.1 Å². The van der Waals surface area contributed by atoms with E-state index >= 15 is 0 Å². The number of halogens is 1. The van der Waals surface area contributed by atoms with Gasteiger partial charge in [-0.3, -0.25) is 0 Å². The highest BCUT2D eigenvalue weighted by Gasteiger charge is 2.05. The minimum Gasteiger partial charge on any atom is -0.381 e. The largest absolute Gasteiger partial charge is 0.381 e. The molecule has 0 aliphatic rings. The summed E-state index contributed by atoms with van der Waals surface area (Å²) >= 11 is 0. The van der Waals surface area contributed by atoms with Crippen molar-refractivity contribution in [3.8, 4) is 0 Å². The Labute approximate surface area is 114 Å². The minimum atomic E-state index is -0.147. The van der Waals surface area contributed by atoms with E-state index in [4.69, 9.17) is 0 Å². The predicted octanol–water partition coefficient (Wildman–Crippen LogP) is 4.87. The summed E-state index contributed by atoms with van der Waals surface area (Å²) in [6.07, 6.45) is 0. The molecular weight excluding hydrogens is 237 g/mol. The van der Waals surface area contributed by atoms with Crippen LogP contribution in [0.3, 0.4) is 0 Å². The second kappa shape index (κ2) is 5.87. The smallest absolute Gasteiger partial charge is 0.126 e. The maximum Gasteiger partial charge on any atom is 0.126 e. The summed E-state index contributed by atoms with van der Waals surface area (Å²) in [4.78, 5) is 0. The van der Waals surface area contributed by atoms with Crippen LogP contribution in [0, 0.1) is 12.7 Å². The third kappa shape index (κ3) is 3.34. The van der Waals surface area contributed by atoms with Gasteiger partial charge >= 0.3 is 0 Å². The summed E-state index contributed by atoms with van der Waals surface area (Å²) in [5.74, 6) is 0.338. The van der Waals surface area contributed by atoms with Crippen LogP contribution in [-0.4, -0.2) is 0 Å². The molecule has 0 aliphatic carbocycles. The van der Waals surface area contributed by atoms with Gasteiger partial charge in [-0.05, 0) is 41.7 Å². The highest BCUT2D eigenvalue weighted by atomic mass is 19.1. The Balaban J connectivity index is 2.12. The van der Waals surface area contributed by atoms with Crippen LogP contribution in [0.1, 0.15) is 36.5 Å². The SMILES string of the molecule is Cc1cc(CNc2ccccc2C(C)C)ccc1F. The zero-order chi connectivity index (χ0) is 13.8. The summed E-state index contributed by atoms with van der Waals surface area (Å²) in [7, 11) is 0. The number of rotatable bonds is 4. The lowest BCUT2D eigenvalue weighted by molar-refractivity contribution is 0.617. The van der Waals surface area contributed by atoms with E-state index in [9.17, 15) is 4.39 Å². The molecule has 0 unspecified atom stereocenters. The fourth-order valence-corrected chi connectivity index (χ4v) is 2.18. The summed E-state index contributed by atoms with van der Waals surface area (Å²) in [5.41, 5.74) is 4.25. The first-order chi connectivity index (χ1) is 9.08. The van der Waals surface area contributed by atoms with Crippen molar-refractivity contribution in [3.05, 3.63) is 65.0 Å². The van der Waals surface area contributed by atoms with Gasteiger partial charge in [0.05, 0.1) is 0 Å². The van der Waals surface area contributed by atoms with Crippen LogP contribution < -0.4 is 5.32 Å². The minimum absolute atomic E-state index is 0.147. The molecule has 19 heavy (non-hydrogen) atoms. The van der Waals surface area contributed by atoms with E-state index in [0.717, 1.165) is 11.3 Å². The zero-order valence-corrected chi connectivity index (χ0v) is 11.7. The normalized spacial score (nSPS) is 10.8. The molecule has 1 N–H and O–H groups in total. The van der Waals surface area contributed by atoms with Gasteiger partial charge in [0, 0.05) is 12.2 Å². The van der Waals surface area contributed by atoms with Crippen molar-refractivity contribution in [2.24, 2.45) is 0 Å². The number of benzene rings is 2. The zero-order valence-electron chi connectivity index (χ0n) is 11.7. The molecule has 0 heterocycles. The number of nitrogens with one attached hydrogen (secondary N) is 1. The lowest BCUT2D eigenvalue weighted by atomic mass is 10.0. The van der Waals surface area contributed by atoms with Gasteiger partial charge in [0.25, 0.3) is 0 Å². The molecular formula is C17H20FN. The monoisotopic (exact) mass is 257 g/mol. The van der Waals surface area contributed by atoms with Crippen molar-refractivity contribution in [2.45, 2.75) is 33.2 Å². The maximum absolute atomic E-state index is 13.2. The van der Waals surface area contributed by atoms with Gasteiger partial charge in [-0.15, -0.1) is 0 Å². The molecule has 2 heteroatoms. The molecule has 0 amide bonds. The van der Waals surface area contributed by atoms with Crippen molar-refractivity contribution in [1.29, 1.82) is 0 Å². The average molecular weight is 257 g/mol. The highest BCUT2D eigenvalue weighted by Crippen LogP contribution is 2.24. The van der Waals surface area contributed by atoms with Crippen molar-refractivity contribution in [2.75, 3.05) is 5.32 Å². The van der Waals surface area contributed by atoms with Crippen molar-refractivity contribution < 1.29 is 4.39 Å². The van der Waals surface area contributed by atoms with Gasteiger partial charge in [-0.25, -0.2) is 4.39 Å². The molecule has 100 valence electrons. The van der Waals surface area contributed by atoms with Crippen LogP contribution in [0.25, 0.3) is 0 Å². The Morgan fingerprint density at radius 3 is 2.53 bits per heavy atom. The van der Waals surface area contributed by atoms with Gasteiger partial charge in [-0.1, -0.05) is 44.2 Å². The van der Waals surface area contributed by atoms with Crippen molar-refractivity contribution in [1.82, 2.24) is 0 Å². The molecule has 0 radical (unpaired) electrons. The molecule has 2 aromatic carbocycles. The molecule has 2 rings (SSSR count). The van der Waals surface area contributed by atoms with Crippen LogP contribution in [-0.2, 0) is 6.54 Å². The lowest BCUT2D eigenvalue weighted by Crippen LogP contribution is -2.03. The second-order valence-corrected chi connectivity index (χ2v) is 5.18. The summed E-state index contributed by atoms with van der Waals surface area (Å²) in [6.45, 7) is 6.87. The van der Waals surface area contributed by atoms with Gasteiger partial charge < -0.3 is 5.32 Å². The van der Waals surface area contributed by atoms with Gasteiger partial charge in [0.15, 0.2) is 0 Å². The highest BCUT2D eigenvalue weighted by molar-refractivity contribution is 5.52. The number of hydrogen-bond donors (Lipinski definition) is 1. The summed E-state index contributed by atoms with van der Waals surface area (Å²) in [6, 6.07) is 13.6. The number of hydrogen-bond acceptors (Lipinski definition) is 1. The second-order valence-electron chi connectivity index (χ2n) is 5.18. The molecule has 1 nitrogen and oxygen atoms in total. The van der Waals surface area contributed by atoms with E-state index in [2.05, 4.69) is 37.4 Å². The first kappa shape index (κ1) is 13.6. The fourth-order valence-electron chi connectivity index (χ4n) is 2.18. The predicted molar refractivity (Wildman–Crippen MR) is 79.0 cm³/mol. The summed E-state index contributed by atoms with van der Waals surface area (Å²) in [5, 5.41) is 3.44. The van der Waals surface area contributed by atoms with E-state index in [0.29, 0.717) is 18.0 Å². The Morgan fingerprint density at radius 1 is 1.11 bits per heavy atom. The van der Waals surface area contributed by atoms with Crippen LogP contribution >= 0.6 is 0 Å². The molecule has 0 spiro atoms.